The third-order valence-electron chi connectivity index (χ3n) is 3.24. The second-order valence-electron chi connectivity index (χ2n) is 4.60. The molecule has 1 aliphatic rings. The van der Waals surface area contributed by atoms with Crippen LogP contribution < -0.4 is 0 Å². The predicted octanol–water partition coefficient (Wildman–Crippen LogP) is 3.56. The van der Waals surface area contributed by atoms with Crippen LogP contribution in [0.25, 0.3) is 6.08 Å². The molecule has 0 unspecified atom stereocenters. The zero-order valence-corrected chi connectivity index (χ0v) is 11.2. The van der Waals surface area contributed by atoms with Crippen molar-refractivity contribution in [2.75, 3.05) is 5.75 Å². The molecule has 2 rings (SSSR count). The Kier molecular flexibility index (Phi) is 3.95. The van der Waals surface area contributed by atoms with E-state index >= 15 is 0 Å². The summed E-state index contributed by atoms with van der Waals surface area (Å²) >= 11 is 0. The van der Waals surface area contributed by atoms with E-state index in [0.717, 1.165) is 12.2 Å². The van der Waals surface area contributed by atoms with Crippen molar-refractivity contribution in [1.82, 2.24) is 0 Å². The quantitative estimate of drug-likeness (QED) is 0.729. The van der Waals surface area contributed by atoms with Gasteiger partial charge in [-0.1, -0.05) is 53.6 Å². The van der Waals surface area contributed by atoms with Gasteiger partial charge in [0.2, 0.25) is 0 Å². The summed E-state index contributed by atoms with van der Waals surface area (Å²) in [5, 5.41) is 0.180. The fraction of sp³-hybridized carbons (Fsp3) is 0.333. The molecular formula is C15H18OS. The Bertz CT molecular complexity index is 471. The molecule has 0 saturated heterocycles. The van der Waals surface area contributed by atoms with Crippen molar-refractivity contribution in [3.63, 3.8) is 0 Å². The number of allylic oxidation sites excluding steroid dienone is 1. The fourth-order valence-electron chi connectivity index (χ4n) is 1.95. The summed E-state index contributed by atoms with van der Waals surface area (Å²) in [6.45, 7) is 4.24. The van der Waals surface area contributed by atoms with Crippen LogP contribution in [-0.2, 0) is 10.8 Å². The summed E-state index contributed by atoms with van der Waals surface area (Å²) in [6.07, 6.45) is 5.11. The molecule has 0 spiro atoms. The van der Waals surface area contributed by atoms with Crippen LogP contribution in [0, 0.1) is 0 Å². The summed E-state index contributed by atoms with van der Waals surface area (Å²) in [7, 11) is -0.747. The van der Waals surface area contributed by atoms with Gasteiger partial charge in [0.1, 0.15) is 0 Å². The van der Waals surface area contributed by atoms with Gasteiger partial charge in [-0.15, -0.1) is 0 Å². The molecule has 0 amide bonds. The third-order valence-corrected chi connectivity index (χ3v) is 4.95. The minimum atomic E-state index is -0.747. The Labute approximate surface area is 106 Å². The molecule has 0 fully saturated rings. The maximum atomic E-state index is 12.0. The Morgan fingerprint density at radius 1 is 1.18 bits per heavy atom. The van der Waals surface area contributed by atoms with E-state index in [9.17, 15) is 4.21 Å². The molecule has 1 aromatic carbocycles. The molecule has 0 saturated carbocycles. The second-order valence-corrected chi connectivity index (χ2v) is 6.25. The lowest BCUT2D eigenvalue weighted by Gasteiger charge is -2.21. The molecule has 0 N–H and O–H groups in total. The Hall–Kier alpha value is -1.15. The summed E-state index contributed by atoms with van der Waals surface area (Å²) in [6, 6.07) is 10.2. The normalized spacial score (nSPS) is 25.5. The SMILES string of the molecule is CC1=C(C)C[S@](=O)[C@@H](/C=C/c2ccccc2)C1. The number of benzene rings is 1. The third kappa shape index (κ3) is 3.16. The van der Waals surface area contributed by atoms with Gasteiger partial charge in [-0.3, -0.25) is 4.21 Å². The molecule has 0 bridgehead atoms. The standard InChI is InChI=1S/C15H18OS/c1-12-10-15(17(16)11-13(12)2)9-8-14-6-4-3-5-7-14/h3-9,15H,10-11H2,1-2H3/b9-8+/t15-,17-/m0/s1. The predicted molar refractivity (Wildman–Crippen MR) is 75.3 cm³/mol. The van der Waals surface area contributed by atoms with E-state index in [0.29, 0.717) is 0 Å². The van der Waals surface area contributed by atoms with Crippen molar-refractivity contribution in [3.8, 4) is 0 Å². The van der Waals surface area contributed by atoms with E-state index in [1.807, 2.05) is 18.2 Å². The first-order valence-electron chi connectivity index (χ1n) is 5.92. The van der Waals surface area contributed by atoms with Crippen molar-refractivity contribution in [2.45, 2.75) is 25.5 Å². The van der Waals surface area contributed by atoms with Gasteiger partial charge < -0.3 is 0 Å². The topological polar surface area (TPSA) is 17.1 Å². The van der Waals surface area contributed by atoms with Gasteiger partial charge in [-0.2, -0.15) is 0 Å². The van der Waals surface area contributed by atoms with Crippen molar-refractivity contribution >= 4 is 16.9 Å². The lowest BCUT2D eigenvalue weighted by atomic mass is 10.1. The van der Waals surface area contributed by atoms with Crippen LogP contribution in [0.5, 0.6) is 0 Å². The van der Waals surface area contributed by atoms with Crippen molar-refractivity contribution in [1.29, 1.82) is 0 Å². The van der Waals surface area contributed by atoms with Crippen molar-refractivity contribution < 1.29 is 4.21 Å². The highest BCUT2D eigenvalue weighted by atomic mass is 32.2. The molecule has 17 heavy (non-hydrogen) atoms. The van der Waals surface area contributed by atoms with E-state index < -0.39 is 10.8 Å². The summed E-state index contributed by atoms with van der Waals surface area (Å²) in [5.41, 5.74) is 3.87. The average Bonchev–Trinajstić information content (AvgIpc) is 2.33. The minimum absolute atomic E-state index is 0.180. The van der Waals surface area contributed by atoms with Crippen LogP contribution in [0.3, 0.4) is 0 Å². The van der Waals surface area contributed by atoms with E-state index in [2.05, 4.69) is 38.1 Å². The monoisotopic (exact) mass is 246 g/mol. The molecular weight excluding hydrogens is 228 g/mol. The molecule has 1 nitrogen and oxygen atoms in total. The minimum Gasteiger partial charge on any atom is -0.259 e. The maximum Gasteiger partial charge on any atom is 0.0571 e. The van der Waals surface area contributed by atoms with Crippen LogP contribution in [0.2, 0.25) is 0 Å². The number of rotatable bonds is 2. The van der Waals surface area contributed by atoms with E-state index in [1.54, 1.807) is 0 Å². The average molecular weight is 246 g/mol. The van der Waals surface area contributed by atoms with E-state index in [-0.39, 0.29) is 5.25 Å². The zero-order chi connectivity index (χ0) is 12.3. The van der Waals surface area contributed by atoms with Crippen LogP contribution in [0.1, 0.15) is 25.8 Å². The number of hydrogen-bond acceptors (Lipinski definition) is 1. The van der Waals surface area contributed by atoms with Crippen molar-refractivity contribution in [2.24, 2.45) is 0 Å². The molecule has 1 aliphatic heterocycles. The van der Waals surface area contributed by atoms with Gasteiger partial charge >= 0.3 is 0 Å². The highest BCUT2D eigenvalue weighted by Gasteiger charge is 2.20. The smallest absolute Gasteiger partial charge is 0.0571 e. The van der Waals surface area contributed by atoms with Gasteiger partial charge in [0.05, 0.1) is 5.25 Å². The molecule has 0 radical (unpaired) electrons. The first-order valence-corrected chi connectivity index (χ1v) is 7.30. The molecule has 1 aromatic rings. The Balaban J connectivity index is 2.10. The maximum absolute atomic E-state index is 12.0. The Morgan fingerprint density at radius 2 is 1.88 bits per heavy atom. The first-order chi connectivity index (χ1) is 8.16. The lowest BCUT2D eigenvalue weighted by Crippen LogP contribution is -2.21. The molecule has 0 aromatic heterocycles. The highest BCUT2D eigenvalue weighted by Crippen LogP contribution is 2.23. The van der Waals surface area contributed by atoms with E-state index in [1.165, 1.54) is 16.7 Å². The summed E-state index contributed by atoms with van der Waals surface area (Å²) in [4.78, 5) is 0. The lowest BCUT2D eigenvalue weighted by molar-refractivity contribution is 0.674. The highest BCUT2D eigenvalue weighted by molar-refractivity contribution is 7.86. The first kappa shape index (κ1) is 12.3. The number of hydrogen-bond donors (Lipinski definition) is 0. The van der Waals surface area contributed by atoms with Crippen LogP contribution in [0.15, 0.2) is 47.6 Å². The van der Waals surface area contributed by atoms with Gasteiger partial charge in [-0.05, 0) is 25.8 Å². The van der Waals surface area contributed by atoms with Crippen molar-refractivity contribution in [3.05, 3.63) is 53.1 Å². The largest absolute Gasteiger partial charge is 0.259 e. The molecule has 2 atom stereocenters. The van der Waals surface area contributed by atoms with Gasteiger partial charge in [0.15, 0.2) is 0 Å². The summed E-state index contributed by atoms with van der Waals surface area (Å²) in [5.74, 6) is 0.732. The van der Waals surface area contributed by atoms with Gasteiger partial charge in [-0.25, -0.2) is 0 Å². The molecule has 1 heterocycles. The van der Waals surface area contributed by atoms with Gasteiger partial charge in [0.25, 0.3) is 0 Å². The Morgan fingerprint density at radius 3 is 2.59 bits per heavy atom. The molecule has 2 heteroatoms. The van der Waals surface area contributed by atoms with Crippen LogP contribution in [-0.4, -0.2) is 15.2 Å². The van der Waals surface area contributed by atoms with Crippen LogP contribution in [0.4, 0.5) is 0 Å². The fourth-order valence-corrected chi connectivity index (χ4v) is 3.53. The van der Waals surface area contributed by atoms with Crippen LogP contribution >= 0.6 is 0 Å². The molecule has 90 valence electrons. The van der Waals surface area contributed by atoms with Gasteiger partial charge in [0, 0.05) is 16.6 Å². The zero-order valence-electron chi connectivity index (χ0n) is 10.3. The summed E-state index contributed by atoms with van der Waals surface area (Å²) < 4.78 is 12.0. The van der Waals surface area contributed by atoms with E-state index in [4.69, 9.17) is 0 Å². The second kappa shape index (κ2) is 5.46. The molecule has 0 aliphatic carbocycles.